The summed E-state index contributed by atoms with van der Waals surface area (Å²) in [6.45, 7) is 2.00. The number of thiocarbonyl (C=S) groups is 1. The summed E-state index contributed by atoms with van der Waals surface area (Å²) in [5.74, 6) is 1.35. The largest absolute Gasteiger partial charge is 0.495 e. The number of halogens is 1. The Hall–Kier alpha value is -1.85. The second-order valence-corrected chi connectivity index (χ2v) is 4.99. The van der Waals surface area contributed by atoms with Gasteiger partial charge in [0.25, 0.3) is 0 Å². The zero-order valence-corrected chi connectivity index (χ0v) is 12.7. The van der Waals surface area contributed by atoms with Crippen LogP contribution >= 0.6 is 23.8 Å². The molecular weight excluding hydrogens is 294 g/mol. The van der Waals surface area contributed by atoms with Crippen molar-refractivity contribution in [2.75, 3.05) is 17.7 Å². The molecule has 20 heavy (non-hydrogen) atoms. The maximum atomic E-state index is 5.78. The number of methoxy groups -OCH3 is 1. The Morgan fingerprint density at radius 2 is 2.05 bits per heavy atom. The first-order chi connectivity index (χ1) is 9.58. The summed E-state index contributed by atoms with van der Waals surface area (Å²) in [7, 11) is 1.62. The predicted molar refractivity (Wildman–Crippen MR) is 86.8 cm³/mol. The highest BCUT2D eigenvalue weighted by Gasteiger charge is 2.06. The number of aromatic nitrogens is 1. The van der Waals surface area contributed by atoms with E-state index in [-0.39, 0.29) is 0 Å². The molecule has 2 rings (SSSR count). The number of rotatable bonds is 3. The highest BCUT2D eigenvalue weighted by atomic mass is 35.5. The van der Waals surface area contributed by atoms with Gasteiger partial charge in [0.05, 0.1) is 17.8 Å². The first-order valence-electron chi connectivity index (χ1n) is 5.92. The van der Waals surface area contributed by atoms with Gasteiger partial charge < -0.3 is 15.4 Å². The smallest absolute Gasteiger partial charge is 0.176 e. The molecule has 0 saturated heterocycles. The molecule has 0 unspecified atom stereocenters. The molecule has 2 aromatic rings. The molecule has 1 aromatic carbocycles. The van der Waals surface area contributed by atoms with Crippen LogP contribution in [0.4, 0.5) is 11.5 Å². The monoisotopic (exact) mass is 307 g/mol. The van der Waals surface area contributed by atoms with Crippen LogP contribution in [0.15, 0.2) is 36.5 Å². The van der Waals surface area contributed by atoms with Crippen molar-refractivity contribution in [1.29, 1.82) is 0 Å². The first kappa shape index (κ1) is 14.6. The van der Waals surface area contributed by atoms with Crippen LogP contribution in [0.25, 0.3) is 0 Å². The van der Waals surface area contributed by atoms with E-state index in [9.17, 15) is 0 Å². The van der Waals surface area contributed by atoms with Gasteiger partial charge >= 0.3 is 0 Å². The van der Waals surface area contributed by atoms with Crippen LogP contribution in [0.1, 0.15) is 5.56 Å². The quantitative estimate of drug-likeness (QED) is 0.843. The van der Waals surface area contributed by atoms with Gasteiger partial charge in [-0.3, -0.25) is 0 Å². The first-order valence-corrected chi connectivity index (χ1v) is 6.71. The van der Waals surface area contributed by atoms with Crippen molar-refractivity contribution in [3.05, 3.63) is 47.1 Å². The molecule has 0 amide bonds. The van der Waals surface area contributed by atoms with E-state index in [0.717, 1.165) is 17.0 Å². The fourth-order valence-electron chi connectivity index (χ4n) is 1.64. The molecule has 4 nitrogen and oxygen atoms in total. The number of hydrogen-bond acceptors (Lipinski definition) is 3. The molecule has 0 aliphatic heterocycles. The van der Waals surface area contributed by atoms with Gasteiger partial charge in [-0.15, -0.1) is 0 Å². The van der Waals surface area contributed by atoms with Crippen molar-refractivity contribution in [3.63, 3.8) is 0 Å². The minimum atomic E-state index is 0.434. The Labute approximate surface area is 128 Å². The zero-order chi connectivity index (χ0) is 14.5. The SMILES string of the molecule is COc1ccc(C)cc1NC(=S)Nc1ccc(Cl)cn1. The lowest BCUT2D eigenvalue weighted by Gasteiger charge is -2.13. The van der Waals surface area contributed by atoms with Gasteiger partial charge in [-0.05, 0) is 49.0 Å². The maximum Gasteiger partial charge on any atom is 0.176 e. The van der Waals surface area contributed by atoms with Gasteiger partial charge in [-0.2, -0.15) is 0 Å². The van der Waals surface area contributed by atoms with Crippen molar-refractivity contribution in [3.8, 4) is 5.75 Å². The third-order valence-corrected chi connectivity index (χ3v) is 3.00. The summed E-state index contributed by atoms with van der Waals surface area (Å²) in [6.07, 6.45) is 1.56. The molecule has 0 bridgehead atoms. The van der Waals surface area contributed by atoms with Gasteiger partial charge in [0.2, 0.25) is 0 Å². The standard InChI is InChI=1S/C14H14ClN3OS/c1-9-3-5-12(19-2)11(7-9)17-14(20)18-13-6-4-10(15)8-16-13/h3-8H,1-2H3,(H2,16,17,18,20). The lowest BCUT2D eigenvalue weighted by molar-refractivity contribution is 0.417. The van der Waals surface area contributed by atoms with Crippen LogP contribution < -0.4 is 15.4 Å². The topological polar surface area (TPSA) is 46.2 Å². The highest BCUT2D eigenvalue weighted by Crippen LogP contribution is 2.25. The lowest BCUT2D eigenvalue weighted by atomic mass is 10.2. The van der Waals surface area contributed by atoms with E-state index >= 15 is 0 Å². The van der Waals surface area contributed by atoms with Gasteiger partial charge in [-0.1, -0.05) is 17.7 Å². The molecule has 0 saturated carbocycles. The van der Waals surface area contributed by atoms with E-state index < -0.39 is 0 Å². The highest BCUT2D eigenvalue weighted by molar-refractivity contribution is 7.80. The summed E-state index contributed by atoms with van der Waals surface area (Å²) < 4.78 is 5.28. The summed E-state index contributed by atoms with van der Waals surface area (Å²) in [6, 6.07) is 9.32. The molecular formula is C14H14ClN3OS. The number of hydrogen-bond donors (Lipinski definition) is 2. The summed E-state index contributed by atoms with van der Waals surface area (Å²) in [5.41, 5.74) is 1.92. The number of nitrogens with one attached hydrogen (secondary N) is 2. The minimum Gasteiger partial charge on any atom is -0.495 e. The normalized spacial score (nSPS) is 9.95. The van der Waals surface area contributed by atoms with E-state index in [2.05, 4.69) is 15.6 Å². The molecule has 0 aliphatic carbocycles. The van der Waals surface area contributed by atoms with Crippen LogP contribution in [0, 0.1) is 6.92 Å². The van der Waals surface area contributed by atoms with Crippen LogP contribution in [0.3, 0.4) is 0 Å². The van der Waals surface area contributed by atoms with Crippen LogP contribution in [0.2, 0.25) is 5.02 Å². The number of benzene rings is 1. The molecule has 0 atom stereocenters. The summed E-state index contributed by atoms with van der Waals surface area (Å²) in [4.78, 5) is 4.12. The molecule has 6 heteroatoms. The van der Waals surface area contributed by atoms with E-state index in [4.69, 9.17) is 28.6 Å². The second kappa shape index (κ2) is 6.54. The van der Waals surface area contributed by atoms with Gasteiger partial charge in [0.15, 0.2) is 5.11 Å². The van der Waals surface area contributed by atoms with E-state index in [1.165, 1.54) is 0 Å². The number of ether oxygens (including phenoxy) is 1. The average molecular weight is 308 g/mol. The van der Waals surface area contributed by atoms with Crippen molar-refractivity contribution < 1.29 is 4.74 Å². The molecule has 1 aromatic heterocycles. The number of aryl methyl sites for hydroxylation is 1. The Bertz CT molecular complexity index is 616. The van der Waals surface area contributed by atoms with Gasteiger partial charge in [0.1, 0.15) is 11.6 Å². The Morgan fingerprint density at radius 3 is 2.70 bits per heavy atom. The number of nitrogens with zero attached hydrogens (tertiary/aromatic N) is 1. The summed E-state index contributed by atoms with van der Waals surface area (Å²) >= 11 is 11.0. The molecule has 0 radical (unpaired) electrons. The molecule has 2 N–H and O–H groups in total. The number of pyridine rings is 1. The third-order valence-electron chi connectivity index (χ3n) is 2.57. The fraction of sp³-hybridized carbons (Fsp3) is 0.143. The van der Waals surface area contributed by atoms with E-state index in [1.54, 1.807) is 25.4 Å². The molecule has 0 spiro atoms. The fourth-order valence-corrected chi connectivity index (χ4v) is 1.97. The molecule has 0 fully saturated rings. The van der Waals surface area contributed by atoms with Gasteiger partial charge in [0, 0.05) is 6.20 Å². The van der Waals surface area contributed by atoms with Crippen LogP contribution in [-0.4, -0.2) is 17.2 Å². The van der Waals surface area contributed by atoms with Crippen LogP contribution in [-0.2, 0) is 0 Å². The minimum absolute atomic E-state index is 0.434. The second-order valence-electron chi connectivity index (χ2n) is 4.14. The zero-order valence-electron chi connectivity index (χ0n) is 11.1. The van der Waals surface area contributed by atoms with Crippen molar-refractivity contribution in [2.24, 2.45) is 0 Å². The summed E-state index contributed by atoms with van der Waals surface area (Å²) in [5, 5.41) is 7.08. The lowest BCUT2D eigenvalue weighted by Crippen LogP contribution is -2.20. The maximum absolute atomic E-state index is 5.78. The molecule has 1 heterocycles. The molecule has 104 valence electrons. The average Bonchev–Trinajstić information content (AvgIpc) is 2.41. The third kappa shape index (κ3) is 3.82. The Morgan fingerprint density at radius 1 is 1.25 bits per heavy atom. The Kier molecular flexibility index (Phi) is 4.76. The van der Waals surface area contributed by atoms with Crippen molar-refractivity contribution in [1.82, 2.24) is 4.98 Å². The van der Waals surface area contributed by atoms with Gasteiger partial charge in [-0.25, -0.2) is 4.98 Å². The number of anilines is 2. The van der Waals surface area contributed by atoms with Crippen molar-refractivity contribution in [2.45, 2.75) is 6.92 Å². The van der Waals surface area contributed by atoms with Crippen molar-refractivity contribution >= 4 is 40.4 Å². The molecule has 0 aliphatic rings. The predicted octanol–water partition coefficient (Wildman–Crippen LogP) is 3.86. The van der Waals surface area contributed by atoms with Crippen LogP contribution in [0.5, 0.6) is 5.75 Å². The van der Waals surface area contributed by atoms with E-state index in [1.807, 2.05) is 25.1 Å². The Balaban J connectivity index is 2.08. The van der Waals surface area contributed by atoms with E-state index in [0.29, 0.717) is 16.0 Å².